The van der Waals surface area contributed by atoms with Crippen LogP contribution in [0.4, 0.5) is 0 Å². The molecule has 1 aliphatic heterocycles. The van der Waals surface area contributed by atoms with Crippen LogP contribution in [0.3, 0.4) is 0 Å². The summed E-state index contributed by atoms with van der Waals surface area (Å²) in [6.07, 6.45) is 1.04. The van der Waals surface area contributed by atoms with Crippen molar-refractivity contribution in [2.24, 2.45) is 0 Å². The van der Waals surface area contributed by atoms with Gasteiger partial charge in [-0.1, -0.05) is 18.2 Å². The lowest BCUT2D eigenvalue weighted by atomic mass is 10.0. The standard InChI is InChI=1S/C22H22N4O5/c27-19-17-6-5-16(13-18(17)26(31)23-19)14-1-3-15(4-2-14)20(28)24-9-11-25(12-10-24)21(29)22(30)7-8-22/h1-6,13,30-31H,7-12H2,(H,23,27). The number of H-pyrrole nitrogens is 1. The number of amides is 2. The maximum atomic E-state index is 12.9. The Morgan fingerprint density at radius 3 is 2.16 bits per heavy atom. The molecule has 1 saturated carbocycles. The van der Waals surface area contributed by atoms with Gasteiger partial charge in [0.1, 0.15) is 11.1 Å². The third-order valence-electron chi connectivity index (χ3n) is 6.12. The maximum absolute atomic E-state index is 12.9. The number of nitrogens with zero attached hydrogens (tertiary/aromatic N) is 3. The number of fused-ring (bicyclic) bond motifs is 1. The van der Waals surface area contributed by atoms with Gasteiger partial charge in [-0.15, -0.1) is 4.85 Å². The molecule has 0 radical (unpaired) electrons. The zero-order valence-corrected chi connectivity index (χ0v) is 16.7. The molecule has 2 fully saturated rings. The van der Waals surface area contributed by atoms with E-state index in [2.05, 4.69) is 5.10 Å². The summed E-state index contributed by atoms with van der Waals surface area (Å²) in [7, 11) is 0. The predicted molar refractivity (Wildman–Crippen MR) is 112 cm³/mol. The Bertz CT molecular complexity index is 1230. The first kappa shape index (κ1) is 19.4. The van der Waals surface area contributed by atoms with Gasteiger partial charge in [0.15, 0.2) is 0 Å². The normalized spacial score (nSPS) is 17.7. The Kier molecular flexibility index (Phi) is 4.37. The molecule has 0 bridgehead atoms. The van der Waals surface area contributed by atoms with Gasteiger partial charge in [0.25, 0.3) is 17.4 Å². The number of hydrogen-bond acceptors (Lipinski definition) is 5. The fourth-order valence-electron chi connectivity index (χ4n) is 4.02. The molecule has 5 rings (SSSR count). The second-order valence-electron chi connectivity index (χ2n) is 8.18. The van der Waals surface area contributed by atoms with Crippen LogP contribution >= 0.6 is 0 Å². The highest BCUT2D eigenvalue weighted by molar-refractivity contribution is 5.95. The number of piperazine rings is 1. The Hall–Kier alpha value is -3.59. The summed E-state index contributed by atoms with van der Waals surface area (Å²) in [5.74, 6) is -0.328. The number of aliphatic hydroxyl groups is 1. The summed E-state index contributed by atoms with van der Waals surface area (Å²) >= 11 is 0. The summed E-state index contributed by atoms with van der Waals surface area (Å²) in [4.78, 5) is 40.9. The number of rotatable bonds is 3. The van der Waals surface area contributed by atoms with Gasteiger partial charge in [0, 0.05) is 31.7 Å². The fourth-order valence-corrected chi connectivity index (χ4v) is 4.02. The van der Waals surface area contributed by atoms with Crippen molar-refractivity contribution < 1.29 is 19.9 Å². The number of aromatic nitrogens is 2. The molecule has 1 aliphatic carbocycles. The summed E-state index contributed by atoms with van der Waals surface area (Å²) < 4.78 is 0. The molecule has 3 aromatic rings. The molecule has 2 aromatic carbocycles. The first-order chi connectivity index (χ1) is 14.9. The summed E-state index contributed by atoms with van der Waals surface area (Å²) in [5.41, 5.74) is 1.05. The summed E-state index contributed by atoms with van der Waals surface area (Å²) in [6.45, 7) is 1.70. The Balaban J connectivity index is 1.28. The largest absolute Gasteiger partial charge is 0.413 e. The van der Waals surface area contributed by atoms with Crippen LogP contribution in [0.15, 0.2) is 47.3 Å². The van der Waals surface area contributed by atoms with E-state index in [9.17, 15) is 24.7 Å². The lowest BCUT2D eigenvalue weighted by Crippen LogP contribution is -2.53. The van der Waals surface area contributed by atoms with E-state index in [0.717, 1.165) is 11.1 Å². The fraction of sp³-hybridized carbons (Fsp3) is 0.318. The van der Waals surface area contributed by atoms with Crippen molar-refractivity contribution in [1.82, 2.24) is 19.7 Å². The first-order valence-corrected chi connectivity index (χ1v) is 10.2. The highest BCUT2D eigenvalue weighted by atomic mass is 16.5. The van der Waals surface area contributed by atoms with Crippen molar-refractivity contribution in [2.75, 3.05) is 26.2 Å². The lowest BCUT2D eigenvalue weighted by Gasteiger charge is -2.35. The number of aromatic amines is 1. The Morgan fingerprint density at radius 2 is 1.52 bits per heavy atom. The monoisotopic (exact) mass is 422 g/mol. The predicted octanol–water partition coefficient (Wildman–Crippen LogP) is 1.04. The minimum atomic E-state index is -1.17. The molecule has 1 aromatic heterocycles. The molecule has 9 nitrogen and oxygen atoms in total. The summed E-state index contributed by atoms with van der Waals surface area (Å²) in [5, 5.41) is 22.5. The van der Waals surface area contributed by atoms with E-state index in [1.165, 1.54) is 0 Å². The lowest BCUT2D eigenvalue weighted by molar-refractivity contribution is -0.143. The van der Waals surface area contributed by atoms with Crippen molar-refractivity contribution in [3.63, 3.8) is 0 Å². The van der Waals surface area contributed by atoms with Gasteiger partial charge in [-0.3, -0.25) is 14.4 Å². The number of hydrogen-bond donors (Lipinski definition) is 3. The second-order valence-corrected chi connectivity index (χ2v) is 8.18. The van der Waals surface area contributed by atoms with E-state index in [1.54, 1.807) is 40.1 Å². The minimum absolute atomic E-state index is 0.103. The Labute approximate surface area is 177 Å². The van der Waals surface area contributed by atoms with Gasteiger partial charge < -0.3 is 20.1 Å². The molecule has 3 N–H and O–H groups in total. The maximum Gasteiger partial charge on any atom is 0.274 e. The highest BCUT2D eigenvalue weighted by Gasteiger charge is 2.50. The van der Waals surface area contributed by atoms with Gasteiger partial charge in [-0.05, 0) is 48.2 Å². The number of carbonyl (C=O) groups is 2. The quantitative estimate of drug-likeness (QED) is 0.545. The molecule has 1 saturated heterocycles. The SMILES string of the molecule is O=C(c1ccc(-c2ccc3c(=O)[nH]n(O)c3c2)cc1)N1CCN(C(=O)C2(O)CC2)CC1. The smallest absolute Gasteiger partial charge is 0.274 e. The molecule has 0 unspecified atom stereocenters. The van der Waals surface area contributed by atoms with Crippen LogP contribution in [0.2, 0.25) is 0 Å². The molecule has 0 atom stereocenters. The molecule has 160 valence electrons. The average Bonchev–Trinajstić information content (AvgIpc) is 3.49. The van der Waals surface area contributed by atoms with Crippen LogP contribution in [0.25, 0.3) is 22.0 Å². The number of nitrogens with one attached hydrogen (secondary N) is 1. The first-order valence-electron chi connectivity index (χ1n) is 10.2. The third kappa shape index (κ3) is 3.36. The van der Waals surface area contributed by atoms with E-state index in [1.807, 2.05) is 12.1 Å². The molecule has 2 aliphatic rings. The van der Waals surface area contributed by atoms with Crippen molar-refractivity contribution in [3.05, 3.63) is 58.4 Å². The number of carbonyl (C=O) groups excluding carboxylic acids is 2. The van der Waals surface area contributed by atoms with Crippen LogP contribution in [0, 0.1) is 0 Å². The highest BCUT2D eigenvalue weighted by Crippen LogP contribution is 2.37. The molecule has 9 heteroatoms. The second kappa shape index (κ2) is 6.98. The zero-order chi connectivity index (χ0) is 21.8. The minimum Gasteiger partial charge on any atom is -0.413 e. The van der Waals surface area contributed by atoms with E-state index in [0.29, 0.717) is 60.3 Å². The molecule has 2 heterocycles. The van der Waals surface area contributed by atoms with Gasteiger partial charge in [0.05, 0.1) is 5.39 Å². The van der Waals surface area contributed by atoms with Gasteiger partial charge in [-0.25, -0.2) is 5.10 Å². The summed E-state index contributed by atoms with van der Waals surface area (Å²) in [6, 6.07) is 12.3. The molecule has 31 heavy (non-hydrogen) atoms. The number of benzene rings is 2. The van der Waals surface area contributed by atoms with Crippen LogP contribution in [0.1, 0.15) is 23.2 Å². The van der Waals surface area contributed by atoms with Gasteiger partial charge >= 0.3 is 0 Å². The molecule has 2 amide bonds. The van der Waals surface area contributed by atoms with Crippen molar-refractivity contribution >= 4 is 22.7 Å². The Morgan fingerprint density at radius 1 is 0.903 bits per heavy atom. The molecular formula is C22H22N4O5. The molecular weight excluding hydrogens is 400 g/mol. The van der Waals surface area contributed by atoms with Crippen LogP contribution in [-0.4, -0.2) is 73.7 Å². The van der Waals surface area contributed by atoms with E-state index >= 15 is 0 Å². The van der Waals surface area contributed by atoms with Gasteiger partial charge in [0.2, 0.25) is 0 Å². The van der Waals surface area contributed by atoms with Crippen LogP contribution < -0.4 is 5.56 Å². The van der Waals surface area contributed by atoms with Crippen molar-refractivity contribution in [1.29, 1.82) is 0 Å². The average molecular weight is 422 g/mol. The van der Waals surface area contributed by atoms with Crippen molar-refractivity contribution in [2.45, 2.75) is 18.4 Å². The van der Waals surface area contributed by atoms with E-state index in [-0.39, 0.29) is 17.4 Å². The topological polar surface area (TPSA) is 119 Å². The van der Waals surface area contributed by atoms with Crippen molar-refractivity contribution in [3.8, 4) is 11.1 Å². The van der Waals surface area contributed by atoms with Gasteiger partial charge in [-0.2, -0.15) is 0 Å². The molecule has 0 spiro atoms. The van der Waals surface area contributed by atoms with E-state index in [4.69, 9.17) is 0 Å². The van der Waals surface area contributed by atoms with Crippen LogP contribution in [-0.2, 0) is 4.79 Å². The van der Waals surface area contributed by atoms with E-state index < -0.39 is 5.60 Å². The van der Waals surface area contributed by atoms with Crippen LogP contribution in [0.5, 0.6) is 0 Å². The third-order valence-corrected chi connectivity index (χ3v) is 6.12. The zero-order valence-electron chi connectivity index (χ0n) is 16.7.